The Morgan fingerprint density at radius 1 is 1.33 bits per heavy atom. The maximum Gasteiger partial charge on any atom is 0.305 e. The average molecular weight is 375 g/mol. The van der Waals surface area contributed by atoms with Crippen molar-refractivity contribution in [2.45, 2.75) is 38.3 Å². The maximum atomic E-state index is 12.8. The topological polar surface area (TPSA) is 58.6 Å². The van der Waals surface area contributed by atoms with E-state index in [1.54, 1.807) is 4.90 Å². The molecule has 134 valence electrons. The molecule has 1 aliphatic heterocycles. The number of ether oxygens (including phenoxy) is 1. The van der Waals surface area contributed by atoms with Crippen LogP contribution in [-0.2, 0) is 20.9 Å². The van der Waals surface area contributed by atoms with Crippen molar-refractivity contribution in [1.82, 2.24) is 10.2 Å². The minimum absolute atomic E-state index is 0. The first kappa shape index (κ1) is 20.7. The fraction of sp³-hybridized carbons (Fsp3) is 0.529. The lowest BCUT2D eigenvalue weighted by molar-refractivity contribution is -0.143. The van der Waals surface area contributed by atoms with Crippen molar-refractivity contribution < 1.29 is 14.3 Å². The highest BCUT2D eigenvalue weighted by atomic mass is 35.5. The second-order valence-corrected chi connectivity index (χ2v) is 6.48. The van der Waals surface area contributed by atoms with E-state index in [0.29, 0.717) is 31.0 Å². The van der Waals surface area contributed by atoms with Crippen LogP contribution in [0.3, 0.4) is 0 Å². The summed E-state index contributed by atoms with van der Waals surface area (Å²) >= 11 is 5.91. The van der Waals surface area contributed by atoms with Crippen LogP contribution in [0.5, 0.6) is 0 Å². The van der Waals surface area contributed by atoms with Crippen molar-refractivity contribution in [1.29, 1.82) is 0 Å². The maximum absolute atomic E-state index is 12.8. The average Bonchev–Trinajstić information content (AvgIpc) is 2.52. The number of amides is 1. The van der Waals surface area contributed by atoms with Crippen LogP contribution in [-0.4, -0.2) is 42.5 Å². The molecule has 1 N–H and O–H groups in total. The lowest BCUT2D eigenvalue weighted by Gasteiger charge is -2.42. The van der Waals surface area contributed by atoms with E-state index in [2.05, 4.69) is 10.1 Å². The van der Waals surface area contributed by atoms with Crippen molar-refractivity contribution >= 4 is 35.9 Å². The second-order valence-electron chi connectivity index (χ2n) is 6.04. The van der Waals surface area contributed by atoms with E-state index < -0.39 is 5.54 Å². The van der Waals surface area contributed by atoms with Crippen LogP contribution >= 0.6 is 24.0 Å². The highest BCUT2D eigenvalue weighted by Gasteiger charge is 2.41. The van der Waals surface area contributed by atoms with Gasteiger partial charge in [-0.15, -0.1) is 12.4 Å². The molecule has 7 heteroatoms. The van der Waals surface area contributed by atoms with Crippen LogP contribution in [0.4, 0.5) is 0 Å². The molecule has 0 radical (unpaired) electrons. The Morgan fingerprint density at radius 2 is 1.96 bits per heavy atom. The summed E-state index contributed by atoms with van der Waals surface area (Å²) in [5, 5.41) is 3.87. The van der Waals surface area contributed by atoms with E-state index in [4.69, 9.17) is 11.6 Å². The van der Waals surface area contributed by atoms with E-state index in [0.717, 1.165) is 18.5 Å². The number of carbonyl (C=O) groups is 2. The SMILES string of the molecule is COC(=O)CCCN(Cc1ccc(Cl)cc1)C(=O)C1(C)CCN1.Cl. The molecular formula is C17H24Cl2N2O3. The summed E-state index contributed by atoms with van der Waals surface area (Å²) < 4.78 is 4.65. The van der Waals surface area contributed by atoms with Gasteiger partial charge in [-0.3, -0.25) is 9.59 Å². The van der Waals surface area contributed by atoms with Crippen LogP contribution in [0.1, 0.15) is 31.7 Å². The van der Waals surface area contributed by atoms with Gasteiger partial charge in [0.15, 0.2) is 0 Å². The number of esters is 1. The van der Waals surface area contributed by atoms with Crippen molar-refractivity contribution in [3.63, 3.8) is 0 Å². The standard InChI is InChI=1S/C17H23ClN2O3.ClH/c1-17(9-10-19-17)16(22)20(11-3-4-15(21)23-2)12-13-5-7-14(18)8-6-13;/h5-8,19H,3-4,9-12H2,1-2H3;1H. The molecule has 1 fully saturated rings. The van der Waals surface area contributed by atoms with Gasteiger partial charge in [0.1, 0.15) is 0 Å². The third-order valence-electron chi connectivity index (χ3n) is 4.22. The molecule has 0 aromatic heterocycles. The molecule has 1 aromatic rings. The summed E-state index contributed by atoms with van der Waals surface area (Å²) in [4.78, 5) is 25.9. The van der Waals surface area contributed by atoms with E-state index in [1.807, 2.05) is 31.2 Å². The number of halogens is 2. The zero-order valence-corrected chi connectivity index (χ0v) is 15.6. The molecular weight excluding hydrogens is 351 g/mol. The molecule has 5 nitrogen and oxygen atoms in total. The molecule has 24 heavy (non-hydrogen) atoms. The first-order valence-corrected chi connectivity index (χ1v) is 8.18. The molecule has 1 atom stereocenters. The Balaban J connectivity index is 0.00000288. The lowest BCUT2D eigenvalue weighted by Crippen LogP contribution is -2.64. The van der Waals surface area contributed by atoms with Crippen molar-refractivity contribution in [2.75, 3.05) is 20.2 Å². The number of hydrogen-bond acceptors (Lipinski definition) is 4. The highest BCUT2D eigenvalue weighted by Crippen LogP contribution is 2.23. The fourth-order valence-electron chi connectivity index (χ4n) is 2.61. The number of rotatable bonds is 7. The molecule has 0 spiro atoms. The Hall–Kier alpha value is -1.30. The minimum atomic E-state index is -0.488. The van der Waals surface area contributed by atoms with Gasteiger partial charge in [0, 0.05) is 24.5 Å². The molecule has 1 heterocycles. The quantitative estimate of drug-likeness (QED) is 0.745. The summed E-state index contributed by atoms with van der Waals surface area (Å²) in [7, 11) is 1.37. The predicted molar refractivity (Wildman–Crippen MR) is 96.4 cm³/mol. The summed E-state index contributed by atoms with van der Waals surface area (Å²) in [6.45, 7) is 3.81. The minimum Gasteiger partial charge on any atom is -0.469 e. The van der Waals surface area contributed by atoms with Gasteiger partial charge in [0.2, 0.25) is 5.91 Å². The van der Waals surface area contributed by atoms with Gasteiger partial charge in [-0.05, 0) is 44.0 Å². The molecule has 2 rings (SSSR count). The van der Waals surface area contributed by atoms with Gasteiger partial charge >= 0.3 is 5.97 Å². The zero-order chi connectivity index (χ0) is 16.9. The number of methoxy groups -OCH3 is 1. The van der Waals surface area contributed by atoms with Crippen LogP contribution in [0.15, 0.2) is 24.3 Å². The van der Waals surface area contributed by atoms with E-state index >= 15 is 0 Å². The summed E-state index contributed by atoms with van der Waals surface area (Å²) in [5.41, 5.74) is 0.529. The van der Waals surface area contributed by atoms with E-state index in [-0.39, 0.29) is 24.3 Å². The molecule has 0 aliphatic carbocycles. The zero-order valence-electron chi connectivity index (χ0n) is 14.0. The van der Waals surface area contributed by atoms with Crippen LogP contribution in [0.2, 0.25) is 5.02 Å². The van der Waals surface area contributed by atoms with Crippen molar-refractivity contribution in [3.05, 3.63) is 34.9 Å². The normalized spacial score (nSPS) is 19.0. The Kier molecular flexibility index (Phi) is 8.00. The summed E-state index contributed by atoms with van der Waals surface area (Å²) in [6, 6.07) is 7.47. The van der Waals surface area contributed by atoms with Gasteiger partial charge in [0.25, 0.3) is 0 Å². The number of nitrogens with one attached hydrogen (secondary N) is 1. The number of hydrogen-bond donors (Lipinski definition) is 1. The first-order chi connectivity index (χ1) is 10.9. The first-order valence-electron chi connectivity index (χ1n) is 7.80. The predicted octanol–water partition coefficient (Wildman–Crippen LogP) is 2.80. The number of carbonyl (C=O) groups excluding carboxylic acids is 2. The molecule has 1 saturated heterocycles. The van der Waals surface area contributed by atoms with Crippen LogP contribution in [0.25, 0.3) is 0 Å². The molecule has 1 unspecified atom stereocenters. The third-order valence-corrected chi connectivity index (χ3v) is 4.47. The Bertz CT molecular complexity index is 559. The van der Waals surface area contributed by atoms with Crippen molar-refractivity contribution in [2.24, 2.45) is 0 Å². The van der Waals surface area contributed by atoms with Crippen LogP contribution < -0.4 is 5.32 Å². The smallest absolute Gasteiger partial charge is 0.305 e. The molecule has 0 saturated carbocycles. The summed E-state index contributed by atoms with van der Waals surface area (Å²) in [5.74, 6) is -0.180. The largest absolute Gasteiger partial charge is 0.469 e. The van der Waals surface area contributed by atoms with Gasteiger partial charge in [-0.2, -0.15) is 0 Å². The molecule has 1 amide bonds. The molecule has 0 bridgehead atoms. The van der Waals surface area contributed by atoms with Crippen LogP contribution in [0, 0.1) is 0 Å². The second kappa shape index (κ2) is 9.25. The number of benzene rings is 1. The van der Waals surface area contributed by atoms with E-state index in [9.17, 15) is 9.59 Å². The monoisotopic (exact) mass is 374 g/mol. The fourth-order valence-corrected chi connectivity index (χ4v) is 2.74. The van der Waals surface area contributed by atoms with Gasteiger partial charge < -0.3 is 15.0 Å². The molecule has 1 aliphatic rings. The van der Waals surface area contributed by atoms with E-state index in [1.165, 1.54) is 7.11 Å². The lowest BCUT2D eigenvalue weighted by atomic mass is 9.88. The summed E-state index contributed by atoms with van der Waals surface area (Å²) in [6.07, 6.45) is 1.73. The Labute approximate surface area is 154 Å². The molecule has 1 aromatic carbocycles. The Morgan fingerprint density at radius 3 is 2.46 bits per heavy atom. The van der Waals surface area contributed by atoms with Crippen molar-refractivity contribution in [3.8, 4) is 0 Å². The van der Waals surface area contributed by atoms with Gasteiger partial charge in [0.05, 0.1) is 12.6 Å². The number of nitrogens with zero attached hydrogens (tertiary/aromatic N) is 1. The highest BCUT2D eigenvalue weighted by molar-refractivity contribution is 6.30. The van der Waals surface area contributed by atoms with Gasteiger partial charge in [-0.25, -0.2) is 0 Å². The third kappa shape index (κ3) is 5.36. The van der Waals surface area contributed by atoms with Gasteiger partial charge in [-0.1, -0.05) is 23.7 Å².